The average molecular weight is 306 g/mol. The van der Waals surface area contributed by atoms with Gasteiger partial charge in [0.05, 0.1) is 6.54 Å². The van der Waals surface area contributed by atoms with Crippen molar-refractivity contribution in [1.82, 2.24) is 19.9 Å². The minimum atomic E-state index is -4.25. The molecule has 2 rings (SSSR count). The van der Waals surface area contributed by atoms with Crippen LogP contribution in [0, 0.1) is 6.92 Å². The summed E-state index contributed by atoms with van der Waals surface area (Å²) in [5.41, 5.74) is 0. The summed E-state index contributed by atoms with van der Waals surface area (Å²) in [6, 6.07) is -0.792. The molecular weight excluding hydrogens is 289 g/mol. The molecule has 0 spiro atoms. The van der Waals surface area contributed by atoms with E-state index in [1.807, 2.05) is 0 Å². The van der Waals surface area contributed by atoms with Crippen molar-refractivity contribution in [3.63, 3.8) is 0 Å². The lowest BCUT2D eigenvalue weighted by Crippen LogP contribution is -2.59. The molecule has 2 heterocycles. The second-order valence-corrected chi connectivity index (χ2v) is 5.33. The van der Waals surface area contributed by atoms with Crippen molar-refractivity contribution < 1.29 is 22.5 Å². The molecule has 21 heavy (non-hydrogen) atoms. The van der Waals surface area contributed by atoms with Crippen molar-refractivity contribution in [2.75, 3.05) is 19.6 Å². The van der Waals surface area contributed by atoms with Gasteiger partial charge < -0.3 is 9.42 Å². The predicted molar refractivity (Wildman–Crippen MR) is 66.6 cm³/mol. The fourth-order valence-electron chi connectivity index (χ4n) is 2.57. The van der Waals surface area contributed by atoms with Crippen molar-refractivity contribution in [3.8, 4) is 0 Å². The average Bonchev–Trinajstić information content (AvgIpc) is 2.78. The summed E-state index contributed by atoms with van der Waals surface area (Å²) in [6.45, 7) is 4.33. The summed E-state index contributed by atoms with van der Waals surface area (Å²) in [7, 11) is 0. The van der Waals surface area contributed by atoms with Crippen LogP contribution in [-0.2, 0) is 0 Å². The van der Waals surface area contributed by atoms with Crippen LogP contribution in [0.2, 0.25) is 0 Å². The molecule has 1 aliphatic heterocycles. The second-order valence-electron chi connectivity index (χ2n) is 5.33. The molecule has 118 valence electrons. The van der Waals surface area contributed by atoms with Crippen molar-refractivity contribution in [2.24, 2.45) is 0 Å². The van der Waals surface area contributed by atoms with Gasteiger partial charge >= 0.3 is 6.18 Å². The summed E-state index contributed by atoms with van der Waals surface area (Å²) in [6.07, 6.45) is -4.25. The molecule has 1 fully saturated rings. The third kappa shape index (κ3) is 3.72. The van der Waals surface area contributed by atoms with E-state index < -0.39 is 30.7 Å². The number of carbonyl (C=O) groups excluding carboxylic acids is 1. The van der Waals surface area contributed by atoms with Gasteiger partial charge in [0.1, 0.15) is 0 Å². The highest BCUT2D eigenvalue weighted by atomic mass is 19.4. The zero-order valence-electron chi connectivity index (χ0n) is 12.0. The number of carbonyl (C=O) groups is 1. The fraction of sp³-hybridized carbons (Fsp3) is 0.750. The quantitative estimate of drug-likeness (QED) is 0.828. The largest absolute Gasteiger partial charge is 0.401 e. The Bertz CT molecular complexity index is 505. The highest BCUT2D eigenvalue weighted by Gasteiger charge is 2.39. The molecule has 0 unspecified atom stereocenters. The molecule has 0 N–H and O–H groups in total. The lowest BCUT2D eigenvalue weighted by molar-refractivity contribution is -0.160. The van der Waals surface area contributed by atoms with Gasteiger partial charge in [-0.1, -0.05) is 5.16 Å². The van der Waals surface area contributed by atoms with Gasteiger partial charge in [0, 0.05) is 32.1 Å². The first kappa shape index (κ1) is 15.7. The van der Waals surface area contributed by atoms with Crippen LogP contribution >= 0.6 is 0 Å². The lowest BCUT2D eigenvalue weighted by Gasteiger charge is -2.44. The molecule has 0 bridgehead atoms. The summed E-state index contributed by atoms with van der Waals surface area (Å²) in [5.74, 6) is -0.205. The number of hydrogen-bond acceptors (Lipinski definition) is 5. The molecule has 1 aliphatic rings. The third-order valence-corrected chi connectivity index (χ3v) is 3.47. The fourth-order valence-corrected chi connectivity index (χ4v) is 2.57. The van der Waals surface area contributed by atoms with Gasteiger partial charge in [-0.2, -0.15) is 18.2 Å². The number of hydrogen-bond donors (Lipinski definition) is 0. The van der Waals surface area contributed by atoms with E-state index in [0.29, 0.717) is 0 Å². The number of amides is 1. The van der Waals surface area contributed by atoms with Crippen LogP contribution < -0.4 is 0 Å². The molecule has 9 heteroatoms. The van der Waals surface area contributed by atoms with E-state index in [9.17, 15) is 18.0 Å². The van der Waals surface area contributed by atoms with Gasteiger partial charge in [-0.15, -0.1) is 0 Å². The molecule has 1 saturated heterocycles. The molecule has 1 aromatic heterocycles. The molecule has 1 aromatic rings. The molecule has 2 atom stereocenters. The van der Waals surface area contributed by atoms with Crippen molar-refractivity contribution in [1.29, 1.82) is 0 Å². The van der Waals surface area contributed by atoms with Gasteiger partial charge in [-0.3, -0.25) is 9.69 Å². The Labute approximate surface area is 119 Å². The van der Waals surface area contributed by atoms with Gasteiger partial charge in [0.2, 0.25) is 5.89 Å². The summed E-state index contributed by atoms with van der Waals surface area (Å²) >= 11 is 0. The molecule has 0 aliphatic carbocycles. The Morgan fingerprint density at radius 1 is 1.33 bits per heavy atom. The Morgan fingerprint density at radius 3 is 2.33 bits per heavy atom. The topological polar surface area (TPSA) is 62.5 Å². The highest BCUT2D eigenvalue weighted by Crippen LogP contribution is 2.23. The molecule has 0 saturated carbocycles. The molecule has 1 amide bonds. The van der Waals surface area contributed by atoms with E-state index in [0.717, 1.165) is 0 Å². The van der Waals surface area contributed by atoms with Crippen molar-refractivity contribution >= 4 is 5.91 Å². The highest BCUT2D eigenvalue weighted by molar-refractivity contribution is 5.90. The number of nitrogens with zero attached hydrogens (tertiary/aromatic N) is 4. The van der Waals surface area contributed by atoms with E-state index in [2.05, 4.69) is 10.1 Å². The van der Waals surface area contributed by atoms with Crippen LogP contribution in [0.4, 0.5) is 13.2 Å². The zero-order chi connectivity index (χ0) is 15.8. The van der Waals surface area contributed by atoms with Gasteiger partial charge in [-0.25, -0.2) is 0 Å². The van der Waals surface area contributed by atoms with Gasteiger partial charge in [0.15, 0.2) is 0 Å². The smallest absolute Gasteiger partial charge is 0.339 e. The standard InChI is InChI=1S/C12H17F3N4O2/c1-7-4-18(11(20)10-16-9(3)21-17-10)5-8(2)19(7)6-12(13,14)15/h7-8H,4-6H2,1-3H3/t7-,8+. The SMILES string of the molecule is Cc1nc(C(=O)N2C[C@@H](C)N(CC(F)(F)F)[C@@H](C)C2)no1. The van der Waals surface area contributed by atoms with E-state index in [1.54, 1.807) is 20.8 Å². The number of halogens is 3. The predicted octanol–water partition coefficient (Wildman–Crippen LogP) is 1.48. The maximum absolute atomic E-state index is 12.6. The first-order valence-corrected chi connectivity index (χ1v) is 6.59. The Morgan fingerprint density at radius 2 is 1.90 bits per heavy atom. The first-order chi connectivity index (χ1) is 9.67. The summed E-state index contributed by atoms with van der Waals surface area (Å²) in [4.78, 5) is 18.9. The van der Waals surface area contributed by atoms with Crippen molar-refractivity contribution in [3.05, 3.63) is 11.7 Å². The number of piperazine rings is 1. The van der Waals surface area contributed by atoms with E-state index in [4.69, 9.17) is 4.52 Å². The Balaban J connectivity index is 2.06. The molecule has 6 nitrogen and oxygen atoms in total. The zero-order valence-corrected chi connectivity index (χ0v) is 12.0. The first-order valence-electron chi connectivity index (χ1n) is 6.59. The van der Waals surface area contributed by atoms with Crippen LogP contribution in [0.1, 0.15) is 30.4 Å². The molecular formula is C12H17F3N4O2. The number of aryl methyl sites for hydroxylation is 1. The van der Waals surface area contributed by atoms with Gasteiger partial charge in [-0.05, 0) is 13.8 Å². The number of rotatable bonds is 2. The maximum Gasteiger partial charge on any atom is 0.401 e. The Kier molecular flexibility index (Phi) is 4.22. The van der Waals surface area contributed by atoms with Crippen LogP contribution in [-0.4, -0.2) is 63.7 Å². The summed E-state index contributed by atoms with van der Waals surface area (Å²) < 4.78 is 42.4. The van der Waals surface area contributed by atoms with Crippen LogP contribution in [0.15, 0.2) is 4.52 Å². The molecule has 0 radical (unpaired) electrons. The minimum Gasteiger partial charge on any atom is -0.339 e. The van der Waals surface area contributed by atoms with E-state index in [1.165, 1.54) is 9.80 Å². The second kappa shape index (κ2) is 5.63. The minimum absolute atomic E-state index is 0.0591. The maximum atomic E-state index is 12.6. The summed E-state index contributed by atoms with van der Waals surface area (Å²) in [5, 5.41) is 3.55. The lowest BCUT2D eigenvalue weighted by atomic mass is 10.1. The van der Waals surface area contributed by atoms with E-state index in [-0.39, 0.29) is 24.8 Å². The van der Waals surface area contributed by atoms with Crippen molar-refractivity contribution in [2.45, 2.75) is 39.0 Å². The third-order valence-electron chi connectivity index (χ3n) is 3.47. The number of alkyl halides is 3. The monoisotopic (exact) mass is 306 g/mol. The Hall–Kier alpha value is -1.64. The normalized spacial score (nSPS) is 24.4. The number of aromatic nitrogens is 2. The van der Waals surface area contributed by atoms with Crippen LogP contribution in [0.25, 0.3) is 0 Å². The van der Waals surface area contributed by atoms with E-state index >= 15 is 0 Å². The van der Waals surface area contributed by atoms with Crippen LogP contribution in [0.3, 0.4) is 0 Å². The van der Waals surface area contributed by atoms with Gasteiger partial charge in [0.25, 0.3) is 11.7 Å². The molecule has 0 aromatic carbocycles. The van der Waals surface area contributed by atoms with Crippen LogP contribution in [0.5, 0.6) is 0 Å².